The molecule has 4 heteroatoms. The molecule has 0 bridgehead atoms. The second-order valence-corrected chi connectivity index (χ2v) is 6.25. The summed E-state index contributed by atoms with van der Waals surface area (Å²) in [5.74, 6) is -0.471. The van der Waals surface area contributed by atoms with Crippen LogP contribution in [0.25, 0.3) is 0 Å². The predicted octanol–water partition coefficient (Wildman–Crippen LogP) is 5.45. The Morgan fingerprint density at radius 1 is 0.778 bits per heavy atom. The summed E-state index contributed by atoms with van der Waals surface area (Å²) in [6.45, 7) is 3.55. The monoisotopic (exact) mass is 359 g/mol. The molecule has 0 heterocycles. The zero-order chi connectivity index (χ0) is 19.4. The lowest BCUT2D eigenvalue weighted by molar-refractivity contribution is 0.0601. The number of rotatable bonds is 5. The third kappa shape index (κ3) is 3.75. The van der Waals surface area contributed by atoms with Gasteiger partial charge in [-0.05, 0) is 50.2 Å². The molecule has 0 radical (unpaired) electrons. The molecular formula is C23H21NO3. The van der Waals surface area contributed by atoms with Gasteiger partial charge in [0.25, 0.3) is 0 Å². The molecule has 4 nitrogen and oxygen atoms in total. The number of hydrogen-bond donors (Lipinski definition) is 0. The van der Waals surface area contributed by atoms with Gasteiger partial charge in [-0.1, -0.05) is 42.0 Å². The lowest BCUT2D eigenvalue weighted by Crippen LogP contribution is -2.17. The third-order valence-electron chi connectivity index (χ3n) is 4.37. The van der Waals surface area contributed by atoms with Crippen molar-refractivity contribution in [2.24, 2.45) is 0 Å². The zero-order valence-electron chi connectivity index (χ0n) is 15.6. The first-order chi connectivity index (χ1) is 13.0. The number of nitrogens with zero attached hydrogens (tertiary/aromatic N) is 1. The highest BCUT2D eigenvalue weighted by Crippen LogP contribution is 2.38. The van der Waals surface area contributed by atoms with Crippen LogP contribution in [0.15, 0.2) is 72.8 Å². The van der Waals surface area contributed by atoms with E-state index in [-0.39, 0.29) is 5.78 Å². The van der Waals surface area contributed by atoms with Crippen LogP contribution in [-0.2, 0) is 4.74 Å². The number of ether oxygens (including phenoxy) is 1. The molecule has 136 valence electrons. The number of anilines is 3. The van der Waals surface area contributed by atoms with Crippen molar-refractivity contribution < 1.29 is 14.3 Å². The maximum Gasteiger partial charge on any atom is 0.339 e. The van der Waals surface area contributed by atoms with Gasteiger partial charge in [-0.15, -0.1) is 0 Å². The van der Waals surface area contributed by atoms with Crippen molar-refractivity contribution in [1.82, 2.24) is 0 Å². The number of esters is 1. The van der Waals surface area contributed by atoms with Crippen LogP contribution in [0.3, 0.4) is 0 Å². The first kappa shape index (κ1) is 18.4. The molecule has 0 unspecified atom stereocenters. The number of para-hydroxylation sites is 2. The Kier molecular flexibility index (Phi) is 5.36. The highest BCUT2D eigenvalue weighted by molar-refractivity contribution is 6.04. The molecule has 3 rings (SSSR count). The molecule has 0 aromatic heterocycles. The smallest absolute Gasteiger partial charge is 0.339 e. The standard InChI is InChI=1S/C23H21NO3/c1-16-12-14-18(15-13-16)24(21-10-6-4-8-19(21)17(2)25)22-11-7-5-9-20(22)23(26)27-3/h4-15H,1-3H3. The molecule has 0 spiro atoms. The Hall–Kier alpha value is -3.40. The van der Waals surface area contributed by atoms with Gasteiger partial charge in [0.1, 0.15) is 0 Å². The van der Waals surface area contributed by atoms with Gasteiger partial charge < -0.3 is 9.64 Å². The molecule has 0 aliphatic carbocycles. The number of aryl methyl sites for hydroxylation is 1. The average molecular weight is 359 g/mol. The van der Waals surface area contributed by atoms with Gasteiger partial charge in [0.2, 0.25) is 0 Å². The second-order valence-electron chi connectivity index (χ2n) is 6.25. The minimum absolute atomic E-state index is 0.0433. The van der Waals surface area contributed by atoms with Gasteiger partial charge in [-0.3, -0.25) is 4.79 Å². The molecular weight excluding hydrogens is 338 g/mol. The van der Waals surface area contributed by atoms with Crippen molar-refractivity contribution in [3.05, 3.63) is 89.5 Å². The largest absolute Gasteiger partial charge is 0.465 e. The number of methoxy groups -OCH3 is 1. The zero-order valence-corrected chi connectivity index (χ0v) is 15.6. The van der Waals surface area contributed by atoms with Crippen molar-refractivity contribution in [3.8, 4) is 0 Å². The van der Waals surface area contributed by atoms with Crippen molar-refractivity contribution >= 4 is 28.8 Å². The molecule has 0 saturated carbocycles. The van der Waals surface area contributed by atoms with Crippen molar-refractivity contribution in [1.29, 1.82) is 0 Å². The molecule has 0 saturated heterocycles. The van der Waals surface area contributed by atoms with E-state index in [0.29, 0.717) is 22.5 Å². The summed E-state index contributed by atoms with van der Waals surface area (Å²) in [5.41, 5.74) is 4.36. The lowest BCUT2D eigenvalue weighted by Gasteiger charge is -2.28. The van der Waals surface area contributed by atoms with Gasteiger partial charge in [0.05, 0.1) is 24.0 Å². The maximum absolute atomic E-state index is 12.4. The molecule has 27 heavy (non-hydrogen) atoms. The molecule has 3 aromatic carbocycles. The van der Waals surface area contributed by atoms with Crippen LogP contribution in [-0.4, -0.2) is 18.9 Å². The van der Waals surface area contributed by atoms with Crippen molar-refractivity contribution in [2.45, 2.75) is 13.8 Å². The second kappa shape index (κ2) is 7.87. The van der Waals surface area contributed by atoms with Crippen LogP contribution in [0.5, 0.6) is 0 Å². The fraction of sp³-hybridized carbons (Fsp3) is 0.130. The van der Waals surface area contributed by atoms with Crippen molar-refractivity contribution in [2.75, 3.05) is 12.0 Å². The van der Waals surface area contributed by atoms with Gasteiger partial charge in [0.15, 0.2) is 5.78 Å². The number of Topliss-reactive ketones (excluding diaryl/α,β-unsaturated/α-hetero) is 1. The SMILES string of the molecule is COC(=O)c1ccccc1N(c1ccc(C)cc1)c1ccccc1C(C)=O. The first-order valence-electron chi connectivity index (χ1n) is 8.67. The van der Waals surface area contributed by atoms with Crippen LogP contribution >= 0.6 is 0 Å². The van der Waals surface area contributed by atoms with Crippen LogP contribution in [0.2, 0.25) is 0 Å². The molecule has 0 amide bonds. The summed E-state index contributed by atoms with van der Waals surface area (Å²) in [7, 11) is 1.36. The van der Waals surface area contributed by atoms with E-state index < -0.39 is 5.97 Å². The van der Waals surface area contributed by atoms with E-state index in [1.54, 1.807) is 25.1 Å². The van der Waals surface area contributed by atoms with Crippen LogP contribution in [0.4, 0.5) is 17.1 Å². The summed E-state index contributed by atoms with van der Waals surface area (Å²) in [6.07, 6.45) is 0. The fourth-order valence-electron chi connectivity index (χ4n) is 3.02. The van der Waals surface area contributed by atoms with E-state index in [4.69, 9.17) is 4.74 Å². The van der Waals surface area contributed by atoms with E-state index in [0.717, 1.165) is 11.3 Å². The summed E-state index contributed by atoms with van der Waals surface area (Å²) in [6, 6.07) is 22.5. The lowest BCUT2D eigenvalue weighted by atomic mass is 10.0. The van der Waals surface area contributed by atoms with Gasteiger partial charge in [0, 0.05) is 11.3 Å². The molecule has 0 atom stereocenters. The van der Waals surface area contributed by atoms with Crippen LogP contribution < -0.4 is 4.90 Å². The Balaban J connectivity index is 2.30. The Morgan fingerprint density at radius 3 is 1.85 bits per heavy atom. The van der Waals surface area contributed by atoms with E-state index >= 15 is 0 Å². The Labute approximate surface area is 159 Å². The Bertz CT molecular complexity index is 977. The predicted molar refractivity (Wildman–Crippen MR) is 107 cm³/mol. The first-order valence-corrected chi connectivity index (χ1v) is 8.67. The number of ketones is 1. The maximum atomic E-state index is 12.4. The fourth-order valence-corrected chi connectivity index (χ4v) is 3.02. The Morgan fingerprint density at radius 2 is 1.30 bits per heavy atom. The summed E-state index contributed by atoms with van der Waals surface area (Å²) < 4.78 is 4.96. The van der Waals surface area contributed by atoms with E-state index in [1.807, 2.05) is 66.4 Å². The average Bonchev–Trinajstić information content (AvgIpc) is 2.69. The summed E-state index contributed by atoms with van der Waals surface area (Å²) in [4.78, 5) is 26.5. The molecule has 0 aliphatic rings. The number of hydrogen-bond acceptors (Lipinski definition) is 4. The van der Waals surface area contributed by atoms with Gasteiger partial charge >= 0.3 is 5.97 Å². The molecule has 0 aliphatic heterocycles. The number of carbonyl (C=O) groups excluding carboxylic acids is 2. The molecule has 3 aromatic rings. The van der Waals surface area contributed by atoms with Crippen LogP contribution in [0, 0.1) is 6.92 Å². The highest BCUT2D eigenvalue weighted by Gasteiger charge is 2.22. The molecule has 0 N–H and O–H groups in total. The van der Waals surface area contributed by atoms with E-state index in [2.05, 4.69) is 0 Å². The quantitative estimate of drug-likeness (QED) is 0.449. The van der Waals surface area contributed by atoms with E-state index in [9.17, 15) is 9.59 Å². The summed E-state index contributed by atoms with van der Waals surface area (Å²) >= 11 is 0. The number of benzene rings is 3. The summed E-state index contributed by atoms with van der Waals surface area (Å²) in [5, 5.41) is 0. The van der Waals surface area contributed by atoms with Gasteiger partial charge in [-0.2, -0.15) is 0 Å². The topological polar surface area (TPSA) is 46.6 Å². The third-order valence-corrected chi connectivity index (χ3v) is 4.37. The minimum atomic E-state index is -0.428. The van der Waals surface area contributed by atoms with Crippen LogP contribution in [0.1, 0.15) is 33.2 Å². The van der Waals surface area contributed by atoms with Crippen molar-refractivity contribution in [3.63, 3.8) is 0 Å². The van der Waals surface area contributed by atoms with Gasteiger partial charge in [-0.25, -0.2) is 4.79 Å². The molecule has 0 fully saturated rings. The van der Waals surface area contributed by atoms with E-state index in [1.165, 1.54) is 7.11 Å². The highest BCUT2D eigenvalue weighted by atomic mass is 16.5. The normalized spacial score (nSPS) is 10.3. The minimum Gasteiger partial charge on any atom is -0.465 e. The number of carbonyl (C=O) groups is 2.